The highest BCUT2D eigenvalue weighted by molar-refractivity contribution is 9.08. The molecule has 0 aliphatic rings. The molecule has 0 N–H and O–H groups in total. The second-order valence-electron chi connectivity index (χ2n) is 3.84. The highest BCUT2D eigenvalue weighted by atomic mass is 79.9. The molecule has 0 bridgehead atoms. The Hall–Kier alpha value is -0.620. The molecule has 7 heteroatoms. The van der Waals surface area contributed by atoms with Crippen LogP contribution in [0.1, 0.15) is 5.82 Å². The van der Waals surface area contributed by atoms with Gasteiger partial charge in [0.15, 0.2) is 5.82 Å². The summed E-state index contributed by atoms with van der Waals surface area (Å²) in [5.41, 5.74) is 0.768. The quantitative estimate of drug-likeness (QED) is 0.757. The van der Waals surface area contributed by atoms with E-state index in [2.05, 4.69) is 26.1 Å². The number of alkyl halides is 1. The number of rotatable bonds is 5. The van der Waals surface area contributed by atoms with Crippen LogP contribution >= 0.6 is 39.1 Å². The third-order valence-electron chi connectivity index (χ3n) is 2.64. The van der Waals surface area contributed by atoms with Gasteiger partial charge in [0.25, 0.3) is 0 Å². The average Bonchev–Trinajstić information content (AvgIpc) is 2.81. The molecule has 0 saturated carbocycles. The first-order valence-corrected chi connectivity index (χ1v) is 7.47. The van der Waals surface area contributed by atoms with E-state index in [0.717, 1.165) is 11.4 Å². The van der Waals surface area contributed by atoms with E-state index in [9.17, 15) is 0 Å². The molecule has 1 aromatic carbocycles. The van der Waals surface area contributed by atoms with Crippen molar-refractivity contribution in [3.05, 3.63) is 34.1 Å². The fourth-order valence-corrected chi connectivity index (χ4v) is 2.51. The van der Waals surface area contributed by atoms with E-state index < -0.39 is 0 Å². The zero-order valence-electron chi connectivity index (χ0n) is 10.2. The summed E-state index contributed by atoms with van der Waals surface area (Å²) < 4.78 is 7.08. The Morgan fingerprint density at radius 2 is 2.11 bits per heavy atom. The van der Waals surface area contributed by atoms with Crippen molar-refractivity contribution in [1.29, 1.82) is 0 Å². The third-order valence-corrected chi connectivity index (χ3v) is 3.70. The van der Waals surface area contributed by atoms with Crippen molar-refractivity contribution in [1.82, 2.24) is 14.8 Å². The number of ether oxygens (including phenoxy) is 1. The van der Waals surface area contributed by atoms with Gasteiger partial charge in [0.1, 0.15) is 5.82 Å². The summed E-state index contributed by atoms with van der Waals surface area (Å²) in [6, 6.07) is 5.28. The van der Waals surface area contributed by atoms with Crippen molar-refractivity contribution in [3.8, 4) is 11.4 Å². The largest absolute Gasteiger partial charge is 0.383 e. The van der Waals surface area contributed by atoms with Crippen LogP contribution in [0.25, 0.3) is 11.4 Å². The third kappa shape index (κ3) is 3.28. The zero-order valence-corrected chi connectivity index (χ0v) is 13.3. The smallest absolute Gasteiger partial charge is 0.165 e. The molecular formula is C12H12BrCl2N3O. The Bertz CT molecular complexity index is 574. The minimum absolute atomic E-state index is 0.573. The molecule has 0 amide bonds. The van der Waals surface area contributed by atoms with Crippen molar-refractivity contribution < 1.29 is 4.74 Å². The van der Waals surface area contributed by atoms with Crippen LogP contribution in [-0.2, 0) is 16.6 Å². The standard InChI is InChI=1S/C12H12BrCl2N3O/c1-19-5-4-18-11(7-13)16-17-12(18)9-6-8(14)2-3-10(9)15/h2-3,6H,4-5,7H2,1H3. The van der Waals surface area contributed by atoms with E-state index in [1.165, 1.54) is 0 Å². The fourth-order valence-electron chi connectivity index (χ4n) is 1.72. The van der Waals surface area contributed by atoms with Gasteiger partial charge >= 0.3 is 0 Å². The van der Waals surface area contributed by atoms with Crippen molar-refractivity contribution in [2.24, 2.45) is 0 Å². The van der Waals surface area contributed by atoms with Crippen LogP contribution in [0, 0.1) is 0 Å². The number of hydrogen-bond donors (Lipinski definition) is 0. The SMILES string of the molecule is COCCn1c(CBr)nnc1-c1cc(Cl)ccc1Cl. The van der Waals surface area contributed by atoms with E-state index >= 15 is 0 Å². The van der Waals surface area contributed by atoms with Gasteiger partial charge in [-0.25, -0.2) is 0 Å². The Morgan fingerprint density at radius 1 is 1.32 bits per heavy atom. The number of hydrogen-bond acceptors (Lipinski definition) is 3. The van der Waals surface area contributed by atoms with Gasteiger partial charge in [-0.05, 0) is 18.2 Å². The molecule has 1 heterocycles. The molecule has 2 rings (SSSR count). The first-order valence-electron chi connectivity index (χ1n) is 5.59. The summed E-state index contributed by atoms with van der Waals surface area (Å²) in [5.74, 6) is 1.52. The molecule has 4 nitrogen and oxygen atoms in total. The first-order chi connectivity index (χ1) is 9.17. The maximum absolute atomic E-state index is 6.21. The zero-order chi connectivity index (χ0) is 13.8. The van der Waals surface area contributed by atoms with Crippen LogP contribution in [0.15, 0.2) is 18.2 Å². The summed E-state index contributed by atoms with van der Waals surface area (Å²) in [6.07, 6.45) is 0. The Morgan fingerprint density at radius 3 is 2.79 bits per heavy atom. The van der Waals surface area contributed by atoms with Crippen LogP contribution in [0.3, 0.4) is 0 Å². The molecule has 2 aromatic rings. The average molecular weight is 365 g/mol. The van der Waals surface area contributed by atoms with Gasteiger partial charge in [0.2, 0.25) is 0 Å². The van der Waals surface area contributed by atoms with E-state index in [1.54, 1.807) is 25.3 Å². The minimum atomic E-state index is 0.573. The molecule has 1 aromatic heterocycles. The maximum atomic E-state index is 6.21. The molecular weight excluding hydrogens is 353 g/mol. The second kappa shape index (κ2) is 6.70. The summed E-state index contributed by atoms with van der Waals surface area (Å²) in [4.78, 5) is 0. The number of benzene rings is 1. The van der Waals surface area contributed by atoms with E-state index in [1.807, 2.05) is 4.57 Å². The lowest BCUT2D eigenvalue weighted by Gasteiger charge is -2.10. The van der Waals surface area contributed by atoms with E-state index in [-0.39, 0.29) is 0 Å². The first kappa shape index (κ1) is 14.8. The molecule has 0 unspecified atom stereocenters. The summed E-state index contributed by atoms with van der Waals surface area (Å²) in [6.45, 7) is 1.23. The number of halogens is 3. The second-order valence-corrected chi connectivity index (χ2v) is 5.25. The fraction of sp³-hybridized carbons (Fsp3) is 0.333. The molecule has 0 saturated heterocycles. The molecule has 0 atom stereocenters. The van der Waals surface area contributed by atoms with Crippen LogP contribution in [-0.4, -0.2) is 28.5 Å². The van der Waals surface area contributed by atoms with Crippen LogP contribution < -0.4 is 0 Å². The molecule has 19 heavy (non-hydrogen) atoms. The lowest BCUT2D eigenvalue weighted by Crippen LogP contribution is -2.09. The highest BCUT2D eigenvalue weighted by Crippen LogP contribution is 2.30. The van der Waals surface area contributed by atoms with E-state index in [4.69, 9.17) is 27.9 Å². The van der Waals surface area contributed by atoms with Gasteiger partial charge in [0, 0.05) is 24.2 Å². The minimum Gasteiger partial charge on any atom is -0.383 e. The van der Waals surface area contributed by atoms with Crippen LogP contribution in [0.4, 0.5) is 0 Å². The monoisotopic (exact) mass is 363 g/mol. The van der Waals surface area contributed by atoms with Crippen LogP contribution in [0.5, 0.6) is 0 Å². The van der Waals surface area contributed by atoms with Crippen molar-refractivity contribution in [2.45, 2.75) is 11.9 Å². The van der Waals surface area contributed by atoms with Gasteiger partial charge in [-0.3, -0.25) is 0 Å². The number of aromatic nitrogens is 3. The Labute approximate surface area is 129 Å². The number of methoxy groups -OCH3 is 1. The Balaban J connectivity index is 2.49. The predicted octanol–water partition coefficient (Wildman–Crippen LogP) is 3.79. The molecule has 102 valence electrons. The summed E-state index contributed by atoms with van der Waals surface area (Å²) >= 11 is 15.6. The molecule has 0 fully saturated rings. The lowest BCUT2D eigenvalue weighted by molar-refractivity contribution is 0.187. The Kier molecular flexibility index (Phi) is 5.21. The summed E-state index contributed by atoms with van der Waals surface area (Å²) in [5, 5.41) is 10.2. The summed E-state index contributed by atoms with van der Waals surface area (Å²) in [7, 11) is 1.66. The lowest BCUT2D eigenvalue weighted by atomic mass is 10.2. The predicted molar refractivity (Wildman–Crippen MR) is 80.0 cm³/mol. The normalized spacial score (nSPS) is 10.9. The molecule has 0 radical (unpaired) electrons. The highest BCUT2D eigenvalue weighted by Gasteiger charge is 2.15. The van der Waals surface area contributed by atoms with Gasteiger partial charge in [-0.2, -0.15) is 0 Å². The number of nitrogens with zero attached hydrogens (tertiary/aromatic N) is 3. The van der Waals surface area contributed by atoms with Crippen molar-refractivity contribution in [2.75, 3.05) is 13.7 Å². The molecule has 0 spiro atoms. The van der Waals surface area contributed by atoms with Gasteiger partial charge in [-0.15, -0.1) is 10.2 Å². The molecule has 0 aliphatic heterocycles. The van der Waals surface area contributed by atoms with Crippen molar-refractivity contribution in [3.63, 3.8) is 0 Å². The van der Waals surface area contributed by atoms with E-state index in [0.29, 0.717) is 34.4 Å². The van der Waals surface area contributed by atoms with Crippen LogP contribution in [0.2, 0.25) is 10.0 Å². The van der Waals surface area contributed by atoms with Gasteiger partial charge in [0.05, 0.1) is 17.0 Å². The van der Waals surface area contributed by atoms with Crippen molar-refractivity contribution >= 4 is 39.1 Å². The maximum Gasteiger partial charge on any atom is 0.165 e. The topological polar surface area (TPSA) is 39.9 Å². The molecule has 0 aliphatic carbocycles. The van der Waals surface area contributed by atoms with Gasteiger partial charge in [-0.1, -0.05) is 39.1 Å². The van der Waals surface area contributed by atoms with Gasteiger partial charge < -0.3 is 9.30 Å².